The maximum atomic E-state index is 5.85. The Hall–Kier alpha value is -2.94. The van der Waals surface area contributed by atoms with Crippen LogP contribution in [0.2, 0.25) is 0 Å². The van der Waals surface area contributed by atoms with E-state index in [1.54, 1.807) is 7.11 Å². The number of nitrogens with zero attached hydrogens (tertiary/aromatic N) is 4. The van der Waals surface area contributed by atoms with Crippen molar-refractivity contribution in [1.29, 1.82) is 0 Å². The molecule has 2 fully saturated rings. The number of nitrogens with one attached hydrogen (secondary N) is 1. The number of hydrogen-bond donors (Lipinski definition) is 1. The number of ether oxygens (including phenoxy) is 2. The van der Waals surface area contributed by atoms with E-state index in [2.05, 4.69) is 55.1 Å². The van der Waals surface area contributed by atoms with Crippen LogP contribution in [0.4, 0.5) is 0 Å². The number of para-hydroxylation sites is 2. The lowest BCUT2D eigenvalue weighted by Gasteiger charge is -2.32. The van der Waals surface area contributed by atoms with E-state index in [4.69, 9.17) is 21.7 Å². The highest BCUT2D eigenvalue weighted by atomic mass is 32.1. The van der Waals surface area contributed by atoms with Gasteiger partial charge in [0.1, 0.15) is 5.75 Å². The fraction of sp³-hybridized carbons (Fsp3) is 0.360. The lowest BCUT2D eigenvalue weighted by molar-refractivity contribution is 0.0349. The Kier molecular flexibility index (Phi) is 6.57. The highest BCUT2D eigenvalue weighted by molar-refractivity contribution is 7.80. The number of pyridine rings is 1. The first-order valence-electron chi connectivity index (χ1n) is 11.3. The van der Waals surface area contributed by atoms with Crippen LogP contribution in [0.15, 0.2) is 67.0 Å². The predicted molar refractivity (Wildman–Crippen MR) is 132 cm³/mol. The molecule has 2 atom stereocenters. The molecule has 2 aliphatic heterocycles. The number of rotatable bonds is 7. The third kappa shape index (κ3) is 4.46. The molecule has 1 aromatic carbocycles. The van der Waals surface area contributed by atoms with Crippen LogP contribution in [0, 0.1) is 0 Å². The van der Waals surface area contributed by atoms with Gasteiger partial charge in [-0.05, 0) is 48.6 Å². The van der Waals surface area contributed by atoms with Gasteiger partial charge in [0.15, 0.2) is 5.11 Å². The fourth-order valence-corrected chi connectivity index (χ4v) is 5.06. The van der Waals surface area contributed by atoms with Gasteiger partial charge in [0.2, 0.25) is 0 Å². The number of thiocarbonyl (C=S) groups is 1. The van der Waals surface area contributed by atoms with Crippen molar-refractivity contribution in [3.05, 3.63) is 78.4 Å². The van der Waals surface area contributed by atoms with Crippen molar-refractivity contribution < 1.29 is 9.47 Å². The molecule has 0 bridgehead atoms. The first kappa shape index (κ1) is 21.9. The van der Waals surface area contributed by atoms with E-state index in [1.165, 1.54) is 0 Å². The molecular weight excluding hydrogens is 434 g/mol. The Morgan fingerprint density at radius 3 is 2.67 bits per heavy atom. The summed E-state index contributed by atoms with van der Waals surface area (Å²) in [5.41, 5.74) is 3.13. The van der Waals surface area contributed by atoms with Crippen molar-refractivity contribution in [2.75, 3.05) is 46.5 Å². The van der Waals surface area contributed by atoms with Crippen LogP contribution < -0.4 is 10.1 Å². The molecule has 1 N–H and O–H groups in total. The Balaban J connectivity index is 1.52. The normalized spacial score (nSPS) is 21.2. The molecule has 0 aliphatic carbocycles. The summed E-state index contributed by atoms with van der Waals surface area (Å²) in [6.07, 6.45) is 3.93. The fourth-order valence-electron chi connectivity index (χ4n) is 4.73. The zero-order valence-electron chi connectivity index (χ0n) is 18.8. The Morgan fingerprint density at radius 1 is 1.06 bits per heavy atom. The zero-order valence-corrected chi connectivity index (χ0v) is 19.6. The molecule has 2 saturated heterocycles. The summed E-state index contributed by atoms with van der Waals surface area (Å²) >= 11 is 5.85. The molecule has 5 rings (SSSR count). The molecular formula is C25H29N5O2S. The smallest absolute Gasteiger partial charge is 0.170 e. The summed E-state index contributed by atoms with van der Waals surface area (Å²) in [6, 6.07) is 18.3. The van der Waals surface area contributed by atoms with Gasteiger partial charge in [0.25, 0.3) is 0 Å². The van der Waals surface area contributed by atoms with E-state index in [0.717, 1.165) is 67.3 Å². The van der Waals surface area contributed by atoms with Gasteiger partial charge in [-0.15, -0.1) is 0 Å². The van der Waals surface area contributed by atoms with Crippen molar-refractivity contribution in [1.82, 2.24) is 24.7 Å². The SMILES string of the molecule is COc1ccccc1-n1cccc1[C@H]1[C@@H](c2ccccn2)NC(=S)N1CCN1CCOCC1. The van der Waals surface area contributed by atoms with Gasteiger partial charge < -0.3 is 24.3 Å². The van der Waals surface area contributed by atoms with Crippen LogP contribution >= 0.6 is 12.2 Å². The second-order valence-corrected chi connectivity index (χ2v) is 8.64. The van der Waals surface area contributed by atoms with Crippen molar-refractivity contribution >= 4 is 17.3 Å². The van der Waals surface area contributed by atoms with Crippen LogP contribution in [0.3, 0.4) is 0 Å². The van der Waals surface area contributed by atoms with Gasteiger partial charge in [-0.1, -0.05) is 18.2 Å². The van der Waals surface area contributed by atoms with Crippen LogP contribution in [-0.4, -0.2) is 71.0 Å². The molecule has 33 heavy (non-hydrogen) atoms. The molecule has 2 aromatic heterocycles. The Labute approximate surface area is 199 Å². The van der Waals surface area contributed by atoms with Gasteiger partial charge in [-0.3, -0.25) is 9.88 Å². The lowest BCUT2D eigenvalue weighted by atomic mass is 10.0. The molecule has 4 heterocycles. The monoisotopic (exact) mass is 463 g/mol. The third-order valence-corrected chi connectivity index (χ3v) is 6.74. The molecule has 0 amide bonds. The second kappa shape index (κ2) is 9.91. The second-order valence-electron chi connectivity index (χ2n) is 8.25. The van der Waals surface area contributed by atoms with E-state index >= 15 is 0 Å². The largest absolute Gasteiger partial charge is 0.495 e. The number of benzene rings is 1. The molecule has 2 aliphatic rings. The van der Waals surface area contributed by atoms with Crippen molar-refractivity contribution in [2.24, 2.45) is 0 Å². The molecule has 7 nitrogen and oxygen atoms in total. The summed E-state index contributed by atoms with van der Waals surface area (Å²) in [6.45, 7) is 5.27. The van der Waals surface area contributed by atoms with Crippen molar-refractivity contribution in [2.45, 2.75) is 12.1 Å². The number of methoxy groups -OCH3 is 1. The van der Waals surface area contributed by atoms with Gasteiger partial charge in [-0.2, -0.15) is 0 Å². The maximum absolute atomic E-state index is 5.85. The molecule has 0 spiro atoms. The minimum Gasteiger partial charge on any atom is -0.495 e. The standard InChI is InChI=1S/C25H29N5O2S/c1-31-22-10-3-2-8-20(22)29-12-6-9-21(29)24-23(19-7-4-5-11-26-19)27-25(33)30(24)14-13-28-15-17-32-18-16-28/h2-12,23-24H,13-18H2,1H3,(H,27,33)/t23-,24+/m1/s1. The van der Waals surface area contributed by atoms with Crippen LogP contribution in [0.1, 0.15) is 23.5 Å². The first-order valence-corrected chi connectivity index (χ1v) is 11.8. The van der Waals surface area contributed by atoms with Crippen LogP contribution in [0.5, 0.6) is 5.75 Å². The molecule has 172 valence electrons. The Morgan fingerprint density at radius 2 is 1.88 bits per heavy atom. The number of morpholine rings is 1. The predicted octanol–water partition coefficient (Wildman–Crippen LogP) is 3.19. The molecule has 0 unspecified atom stereocenters. The Bertz CT molecular complexity index is 1080. The molecule has 3 aromatic rings. The summed E-state index contributed by atoms with van der Waals surface area (Å²) in [5, 5.41) is 4.32. The summed E-state index contributed by atoms with van der Waals surface area (Å²) < 4.78 is 13.4. The van der Waals surface area contributed by atoms with E-state index < -0.39 is 0 Å². The van der Waals surface area contributed by atoms with Crippen molar-refractivity contribution in [3.63, 3.8) is 0 Å². The minimum absolute atomic E-state index is 0.00615. The van der Waals surface area contributed by atoms with Crippen LogP contribution in [-0.2, 0) is 4.74 Å². The van der Waals surface area contributed by atoms with Crippen molar-refractivity contribution in [3.8, 4) is 11.4 Å². The average molecular weight is 464 g/mol. The highest BCUT2D eigenvalue weighted by Gasteiger charge is 2.41. The van der Waals surface area contributed by atoms with E-state index in [-0.39, 0.29) is 12.1 Å². The van der Waals surface area contributed by atoms with Gasteiger partial charge >= 0.3 is 0 Å². The summed E-state index contributed by atoms with van der Waals surface area (Å²) in [5.74, 6) is 0.831. The molecule has 8 heteroatoms. The summed E-state index contributed by atoms with van der Waals surface area (Å²) in [7, 11) is 1.71. The third-order valence-electron chi connectivity index (χ3n) is 6.39. The summed E-state index contributed by atoms with van der Waals surface area (Å²) in [4.78, 5) is 9.42. The van der Waals surface area contributed by atoms with E-state index in [0.29, 0.717) is 0 Å². The first-order chi connectivity index (χ1) is 16.3. The number of hydrogen-bond acceptors (Lipinski definition) is 5. The average Bonchev–Trinajstić information content (AvgIpc) is 3.48. The van der Waals surface area contributed by atoms with Crippen LogP contribution in [0.25, 0.3) is 5.69 Å². The van der Waals surface area contributed by atoms with Gasteiger partial charge in [0.05, 0.1) is 43.8 Å². The molecule has 0 radical (unpaired) electrons. The van der Waals surface area contributed by atoms with E-state index in [9.17, 15) is 0 Å². The zero-order chi connectivity index (χ0) is 22.6. The minimum atomic E-state index is -0.0493. The molecule has 0 saturated carbocycles. The number of aromatic nitrogens is 2. The lowest BCUT2D eigenvalue weighted by Crippen LogP contribution is -2.42. The van der Waals surface area contributed by atoms with Gasteiger partial charge in [0, 0.05) is 44.3 Å². The topological polar surface area (TPSA) is 54.8 Å². The quantitative estimate of drug-likeness (QED) is 0.540. The maximum Gasteiger partial charge on any atom is 0.170 e. The van der Waals surface area contributed by atoms with E-state index in [1.807, 2.05) is 36.5 Å². The van der Waals surface area contributed by atoms with Gasteiger partial charge in [-0.25, -0.2) is 0 Å². The highest BCUT2D eigenvalue weighted by Crippen LogP contribution is 2.40.